The number of morpholine rings is 1. The van der Waals surface area contributed by atoms with E-state index in [2.05, 4.69) is 77.7 Å². The van der Waals surface area contributed by atoms with Crippen molar-refractivity contribution in [3.63, 3.8) is 0 Å². The molecule has 1 saturated heterocycles. The van der Waals surface area contributed by atoms with Crippen LogP contribution in [0.15, 0.2) is 46.3 Å². The normalized spacial score (nSPS) is 18.7. The van der Waals surface area contributed by atoms with Crippen LogP contribution in [0.3, 0.4) is 0 Å². The summed E-state index contributed by atoms with van der Waals surface area (Å²) in [6.07, 6.45) is 3.49. The molecule has 0 spiro atoms. The molecule has 0 amide bonds. The zero-order chi connectivity index (χ0) is 19.5. The van der Waals surface area contributed by atoms with Gasteiger partial charge in [-0.25, -0.2) is 4.57 Å². The van der Waals surface area contributed by atoms with Gasteiger partial charge in [0.2, 0.25) is 0 Å². The topological polar surface area (TPSA) is 19.6 Å². The van der Waals surface area contributed by atoms with Crippen LogP contribution < -0.4 is 9.47 Å². The van der Waals surface area contributed by atoms with Crippen LogP contribution >= 0.6 is 11.8 Å². The maximum absolute atomic E-state index is 5.44. The third-order valence-corrected chi connectivity index (χ3v) is 6.79. The van der Waals surface area contributed by atoms with Gasteiger partial charge in [0.1, 0.15) is 6.54 Å². The van der Waals surface area contributed by atoms with Crippen molar-refractivity contribution in [2.75, 3.05) is 44.8 Å². The summed E-state index contributed by atoms with van der Waals surface area (Å²) in [4.78, 5) is 6.13. The highest BCUT2D eigenvalue weighted by Crippen LogP contribution is 2.45. The molecule has 1 aromatic heterocycles. The van der Waals surface area contributed by atoms with E-state index in [1.165, 1.54) is 39.0 Å². The number of fused-ring (bicyclic) bond motifs is 1. The van der Waals surface area contributed by atoms with Crippen molar-refractivity contribution >= 4 is 23.5 Å². The molecule has 4 nitrogen and oxygen atoms in total. The Hall–Kier alpha value is -1.82. The fraction of sp³-hybridized carbons (Fsp3) is 0.435. The maximum atomic E-state index is 5.44. The molecule has 0 aliphatic carbocycles. The van der Waals surface area contributed by atoms with E-state index in [1.54, 1.807) is 0 Å². The summed E-state index contributed by atoms with van der Waals surface area (Å²) in [5.74, 6) is 0. The molecule has 3 heterocycles. The number of anilines is 1. The molecule has 1 aromatic carbocycles. The first-order valence-corrected chi connectivity index (χ1v) is 11.0. The molecule has 0 radical (unpaired) electrons. The van der Waals surface area contributed by atoms with Crippen LogP contribution in [-0.4, -0.2) is 44.8 Å². The minimum absolute atomic E-state index is 0.880. The molecule has 0 unspecified atom stereocenters. The molecule has 4 rings (SSSR count). The van der Waals surface area contributed by atoms with Crippen LogP contribution in [0, 0.1) is 13.8 Å². The summed E-state index contributed by atoms with van der Waals surface area (Å²) >= 11 is 1.85. The quantitative estimate of drug-likeness (QED) is 0.715. The number of benzene rings is 1. The lowest BCUT2D eigenvalue weighted by atomic mass is 10.1. The summed E-state index contributed by atoms with van der Waals surface area (Å²) < 4.78 is 7.89. The summed E-state index contributed by atoms with van der Waals surface area (Å²) in [5, 5.41) is 1.28. The highest BCUT2D eigenvalue weighted by molar-refractivity contribution is 8.03. The second-order valence-electron chi connectivity index (χ2n) is 7.64. The van der Waals surface area contributed by atoms with Gasteiger partial charge in [-0.15, -0.1) is 0 Å². The number of pyridine rings is 1. The van der Waals surface area contributed by atoms with Crippen LogP contribution in [-0.2, 0) is 11.3 Å². The average Bonchev–Trinajstić information content (AvgIpc) is 3.01. The van der Waals surface area contributed by atoms with Gasteiger partial charge in [-0.2, -0.15) is 0 Å². The Morgan fingerprint density at radius 3 is 2.54 bits per heavy atom. The predicted octanol–water partition coefficient (Wildman–Crippen LogP) is 3.85. The van der Waals surface area contributed by atoms with E-state index in [9.17, 15) is 0 Å². The average molecular weight is 397 g/mol. The molecule has 2 aliphatic rings. The standard InChI is InChI=1S/C23H30N3OS/c1-18-15-20(17-23-24(3)21-7-4-5-8-22(21)28-23)16-19(2)26(18)10-6-9-25-11-13-27-14-12-25/h4-5,7-8,15-17H,6,9-14H2,1-3H3/q+1. The zero-order valence-corrected chi connectivity index (χ0v) is 18.0. The fourth-order valence-corrected chi connectivity index (χ4v) is 5.17. The SMILES string of the molecule is Cc1cc(/C=C2\Sc3ccccc3N2C)cc(C)[n+]1CCCN1CCOCC1. The lowest BCUT2D eigenvalue weighted by molar-refractivity contribution is -0.708. The molecular formula is C23H30N3OS+. The van der Waals surface area contributed by atoms with Crippen molar-refractivity contribution in [1.82, 2.24) is 4.90 Å². The summed E-state index contributed by atoms with van der Waals surface area (Å²) in [6.45, 7) is 10.6. The van der Waals surface area contributed by atoms with Gasteiger partial charge >= 0.3 is 0 Å². The van der Waals surface area contributed by atoms with Gasteiger partial charge in [-0.3, -0.25) is 4.90 Å². The van der Waals surface area contributed by atoms with Gasteiger partial charge in [0.05, 0.1) is 23.9 Å². The van der Waals surface area contributed by atoms with Crippen molar-refractivity contribution in [2.45, 2.75) is 31.7 Å². The van der Waals surface area contributed by atoms with E-state index >= 15 is 0 Å². The second kappa shape index (κ2) is 8.68. The molecule has 28 heavy (non-hydrogen) atoms. The first-order valence-electron chi connectivity index (χ1n) is 10.2. The van der Waals surface area contributed by atoms with Crippen molar-refractivity contribution < 1.29 is 9.30 Å². The molecular weight excluding hydrogens is 366 g/mol. The van der Waals surface area contributed by atoms with E-state index in [4.69, 9.17) is 4.74 Å². The van der Waals surface area contributed by atoms with Crippen LogP contribution in [0.4, 0.5) is 5.69 Å². The number of nitrogens with zero attached hydrogens (tertiary/aromatic N) is 3. The number of rotatable bonds is 5. The number of para-hydroxylation sites is 1. The molecule has 5 heteroatoms. The summed E-state index contributed by atoms with van der Waals surface area (Å²) in [7, 11) is 2.15. The fourth-order valence-electron chi connectivity index (χ4n) is 4.06. The van der Waals surface area contributed by atoms with Gasteiger partial charge in [-0.05, 0) is 23.8 Å². The number of thioether (sulfide) groups is 1. The van der Waals surface area contributed by atoms with Gasteiger partial charge in [0.15, 0.2) is 11.4 Å². The molecule has 2 aliphatic heterocycles. The largest absolute Gasteiger partial charge is 0.379 e. The highest BCUT2D eigenvalue weighted by Gasteiger charge is 2.22. The van der Waals surface area contributed by atoms with Gasteiger partial charge < -0.3 is 9.64 Å². The minimum atomic E-state index is 0.880. The third kappa shape index (κ3) is 4.27. The number of aryl methyl sites for hydroxylation is 2. The van der Waals surface area contributed by atoms with Crippen LogP contribution in [0.5, 0.6) is 0 Å². The Kier molecular flexibility index (Phi) is 6.04. The van der Waals surface area contributed by atoms with Crippen molar-refractivity contribution in [2.24, 2.45) is 0 Å². The van der Waals surface area contributed by atoms with E-state index in [0.717, 1.165) is 39.4 Å². The van der Waals surface area contributed by atoms with Crippen LogP contribution in [0.25, 0.3) is 6.08 Å². The van der Waals surface area contributed by atoms with Crippen molar-refractivity contribution in [3.8, 4) is 0 Å². The maximum Gasteiger partial charge on any atom is 0.179 e. The smallest absolute Gasteiger partial charge is 0.179 e. The van der Waals surface area contributed by atoms with Crippen LogP contribution in [0.2, 0.25) is 0 Å². The lowest BCUT2D eigenvalue weighted by Crippen LogP contribution is -2.43. The Labute approximate surface area is 172 Å². The number of aromatic nitrogens is 1. The molecule has 2 aromatic rings. The van der Waals surface area contributed by atoms with Gasteiger partial charge in [0.25, 0.3) is 0 Å². The first kappa shape index (κ1) is 19.5. The van der Waals surface area contributed by atoms with Gasteiger partial charge in [0, 0.05) is 64.0 Å². The predicted molar refractivity (Wildman–Crippen MR) is 117 cm³/mol. The second-order valence-corrected chi connectivity index (χ2v) is 8.70. The summed E-state index contributed by atoms with van der Waals surface area (Å²) in [6, 6.07) is 13.2. The number of ether oxygens (including phenoxy) is 1. The Morgan fingerprint density at radius 2 is 1.82 bits per heavy atom. The molecule has 0 bridgehead atoms. The van der Waals surface area contributed by atoms with Gasteiger partial charge in [-0.1, -0.05) is 23.9 Å². The number of hydrogen-bond acceptors (Lipinski definition) is 4. The molecule has 148 valence electrons. The van der Waals surface area contributed by atoms with E-state index in [0.29, 0.717) is 0 Å². The van der Waals surface area contributed by atoms with E-state index < -0.39 is 0 Å². The Bertz CT molecular complexity index is 851. The zero-order valence-electron chi connectivity index (χ0n) is 17.1. The number of hydrogen-bond donors (Lipinski definition) is 0. The summed E-state index contributed by atoms with van der Waals surface area (Å²) in [5.41, 5.74) is 5.23. The van der Waals surface area contributed by atoms with Crippen molar-refractivity contribution in [1.29, 1.82) is 0 Å². The van der Waals surface area contributed by atoms with E-state index in [-0.39, 0.29) is 0 Å². The molecule has 1 fully saturated rings. The minimum Gasteiger partial charge on any atom is -0.379 e. The monoisotopic (exact) mass is 396 g/mol. The highest BCUT2D eigenvalue weighted by atomic mass is 32.2. The molecule has 0 atom stereocenters. The van der Waals surface area contributed by atoms with Crippen molar-refractivity contribution in [3.05, 3.63) is 58.4 Å². The van der Waals surface area contributed by atoms with E-state index in [1.807, 2.05) is 11.8 Å². The Morgan fingerprint density at radius 1 is 1.11 bits per heavy atom. The lowest BCUT2D eigenvalue weighted by Gasteiger charge is -2.26. The molecule has 0 saturated carbocycles. The Balaban J connectivity index is 1.44. The molecule has 0 N–H and O–H groups in total. The first-order chi connectivity index (χ1) is 13.6. The van der Waals surface area contributed by atoms with Crippen LogP contribution in [0.1, 0.15) is 23.4 Å². The third-order valence-electron chi connectivity index (χ3n) is 5.62.